The zero-order valence-corrected chi connectivity index (χ0v) is 21.6. The molecule has 3 aromatic carbocycles. The lowest BCUT2D eigenvalue weighted by Crippen LogP contribution is -2.42. The lowest BCUT2D eigenvalue weighted by Gasteiger charge is -2.29. The molecule has 0 spiro atoms. The maximum absolute atomic E-state index is 14.2. The van der Waals surface area contributed by atoms with Crippen molar-refractivity contribution in [3.8, 4) is 0 Å². The number of aryl methyl sites for hydroxylation is 1. The van der Waals surface area contributed by atoms with Crippen LogP contribution in [0.3, 0.4) is 0 Å². The lowest BCUT2D eigenvalue weighted by molar-refractivity contribution is -0.275. The minimum Gasteiger partial charge on any atom is -0.374 e. The second-order valence-electron chi connectivity index (χ2n) is 8.43. The van der Waals surface area contributed by atoms with Gasteiger partial charge in [-0.1, -0.05) is 52.6 Å². The number of amides is 1. The Bertz CT molecular complexity index is 1530. The number of hydrogen-bond donors (Lipinski definition) is 0. The molecule has 0 bridgehead atoms. The highest BCUT2D eigenvalue weighted by Crippen LogP contribution is 2.50. The molecule has 0 saturated carbocycles. The molecule has 0 radical (unpaired) electrons. The number of benzene rings is 3. The molecule has 1 heterocycles. The summed E-state index contributed by atoms with van der Waals surface area (Å²) in [5.74, 6) is -1.78. The van der Waals surface area contributed by atoms with Crippen LogP contribution in [-0.4, -0.2) is 28.3 Å². The van der Waals surface area contributed by atoms with E-state index in [1.54, 1.807) is 37.3 Å². The molecular formula is C25H18Cl2F4N2O3S. The Labute approximate surface area is 220 Å². The number of carbonyl (C=O) groups is 1. The molecular weight excluding hydrogens is 555 g/mol. The van der Waals surface area contributed by atoms with Crippen molar-refractivity contribution >= 4 is 44.5 Å². The second-order valence-corrected chi connectivity index (χ2v) is 11.5. The Kier molecular flexibility index (Phi) is 7.13. The van der Waals surface area contributed by atoms with Crippen LogP contribution in [0.5, 0.6) is 0 Å². The Morgan fingerprint density at radius 3 is 2.27 bits per heavy atom. The summed E-state index contributed by atoms with van der Waals surface area (Å²) in [5, 5.41) is 2.48. The van der Waals surface area contributed by atoms with Gasteiger partial charge in [-0.2, -0.15) is 17.5 Å². The van der Waals surface area contributed by atoms with Crippen LogP contribution >= 0.6 is 23.2 Å². The third-order valence-corrected chi connectivity index (χ3v) is 8.07. The third-order valence-electron chi connectivity index (χ3n) is 5.86. The molecule has 0 aromatic heterocycles. The van der Waals surface area contributed by atoms with Crippen LogP contribution in [0.25, 0.3) is 0 Å². The van der Waals surface area contributed by atoms with Crippen LogP contribution < -0.4 is 0 Å². The molecule has 1 aliphatic heterocycles. The summed E-state index contributed by atoms with van der Waals surface area (Å²) in [6, 6.07) is 14.1. The van der Waals surface area contributed by atoms with E-state index in [1.165, 1.54) is 24.5 Å². The molecule has 1 amide bonds. The molecule has 0 N–H and O–H groups in total. The van der Waals surface area contributed by atoms with E-state index < -0.39 is 55.3 Å². The minimum atomic E-state index is -4.95. The van der Waals surface area contributed by atoms with Crippen molar-refractivity contribution in [1.82, 2.24) is 0 Å². The first-order valence-electron chi connectivity index (χ1n) is 10.6. The van der Waals surface area contributed by atoms with Crippen LogP contribution in [0.1, 0.15) is 33.5 Å². The summed E-state index contributed by atoms with van der Waals surface area (Å²) in [5.41, 5.74) is -2.72. The number of halogens is 6. The molecule has 2 unspecified atom stereocenters. The van der Waals surface area contributed by atoms with Gasteiger partial charge in [-0.15, -0.1) is 0 Å². The molecule has 0 saturated heterocycles. The molecule has 3 aromatic rings. The van der Waals surface area contributed by atoms with Gasteiger partial charge < -0.3 is 4.84 Å². The molecule has 2 atom stereocenters. The van der Waals surface area contributed by atoms with Crippen LogP contribution in [0, 0.1) is 12.7 Å². The Balaban J connectivity index is 1.66. The molecule has 12 heteroatoms. The van der Waals surface area contributed by atoms with Crippen molar-refractivity contribution in [3.05, 3.63) is 98.8 Å². The zero-order valence-electron chi connectivity index (χ0n) is 19.3. The van der Waals surface area contributed by atoms with E-state index in [4.69, 9.17) is 28.0 Å². The first-order chi connectivity index (χ1) is 17.2. The average molecular weight is 573 g/mol. The van der Waals surface area contributed by atoms with Gasteiger partial charge in [0, 0.05) is 28.7 Å². The summed E-state index contributed by atoms with van der Waals surface area (Å²) < 4.78 is 73.4. The monoisotopic (exact) mass is 572 g/mol. The molecule has 1 aliphatic rings. The van der Waals surface area contributed by atoms with Gasteiger partial charge in [-0.05, 0) is 54.4 Å². The van der Waals surface area contributed by atoms with E-state index in [0.717, 1.165) is 12.1 Å². The van der Waals surface area contributed by atoms with Gasteiger partial charge in [0.25, 0.3) is 11.5 Å². The second kappa shape index (κ2) is 9.74. The van der Waals surface area contributed by atoms with E-state index in [1.807, 2.05) is 0 Å². The Morgan fingerprint density at radius 2 is 1.70 bits per heavy atom. The Hall–Kier alpha value is -2.95. The highest BCUT2D eigenvalue weighted by atomic mass is 35.5. The smallest absolute Gasteiger partial charge is 0.374 e. The number of oxime groups is 1. The van der Waals surface area contributed by atoms with Gasteiger partial charge in [-0.25, -0.2) is 8.60 Å². The van der Waals surface area contributed by atoms with Crippen LogP contribution in [-0.2, 0) is 20.2 Å². The third kappa shape index (κ3) is 5.10. The maximum Gasteiger partial charge on any atom is 0.435 e. The largest absolute Gasteiger partial charge is 0.435 e. The molecule has 4 rings (SSSR count). The number of hydrogen-bond acceptors (Lipinski definition) is 4. The van der Waals surface area contributed by atoms with E-state index in [9.17, 15) is 26.6 Å². The molecule has 5 nitrogen and oxygen atoms in total. The van der Waals surface area contributed by atoms with Gasteiger partial charge in [-0.3, -0.25) is 4.79 Å². The number of rotatable bonds is 4. The van der Waals surface area contributed by atoms with Crippen molar-refractivity contribution in [2.75, 3.05) is 6.26 Å². The fourth-order valence-corrected chi connectivity index (χ4v) is 5.53. The van der Waals surface area contributed by atoms with E-state index in [2.05, 4.69) is 9.52 Å². The highest BCUT2D eigenvalue weighted by Gasteiger charge is 2.62. The fourth-order valence-electron chi connectivity index (χ4n) is 3.86. The normalized spacial score (nSPS) is 19.1. The van der Waals surface area contributed by atoms with Crippen LogP contribution in [0.2, 0.25) is 10.0 Å². The molecule has 194 valence electrons. The van der Waals surface area contributed by atoms with E-state index >= 15 is 0 Å². The number of carbonyl (C=O) groups excluding carboxylic acids is 1. The maximum atomic E-state index is 14.2. The predicted molar refractivity (Wildman–Crippen MR) is 133 cm³/mol. The summed E-state index contributed by atoms with van der Waals surface area (Å²) in [6.45, 7) is 1.57. The number of nitrogens with zero attached hydrogens (tertiary/aromatic N) is 2. The highest BCUT2D eigenvalue weighted by molar-refractivity contribution is 7.93. The van der Waals surface area contributed by atoms with Crippen LogP contribution in [0.15, 0.2) is 75.1 Å². The quantitative estimate of drug-likeness (QED) is 0.243. The van der Waals surface area contributed by atoms with E-state index in [-0.39, 0.29) is 16.8 Å². The van der Waals surface area contributed by atoms with Gasteiger partial charge in [0.05, 0.1) is 25.5 Å². The van der Waals surface area contributed by atoms with Crippen molar-refractivity contribution in [3.63, 3.8) is 0 Å². The van der Waals surface area contributed by atoms with Crippen molar-refractivity contribution < 1.29 is 31.4 Å². The first kappa shape index (κ1) is 27.1. The molecule has 0 fully saturated rings. The standard InChI is InChI=1S/C25H18Cl2F4N2O3S/c1-14-10-15(8-9-18(14)23(34)33-37(2,35)17-6-4-3-5-7-17)21-13-24(36-32-21,25(29,30)31)16-11-19(26)22(28)20(27)12-16/h3-12H,13H2,1-2H3. The van der Waals surface area contributed by atoms with Gasteiger partial charge in [0.2, 0.25) is 0 Å². The Morgan fingerprint density at radius 1 is 1.08 bits per heavy atom. The van der Waals surface area contributed by atoms with Gasteiger partial charge in [0.15, 0.2) is 5.82 Å². The van der Waals surface area contributed by atoms with E-state index in [0.29, 0.717) is 10.5 Å². The lowest BCUT2D eigenvalue weighted by atomic mass is 9.86. The topological polar surface area (TPSA) is 68.1 Å². The van der Waals surface area contributed by atoms with Crippen molar-refractivity contribution in [2.24, 2.45) is 9.52 Å². The predicted octanol–water partition coefficient (Wildman–Crippen LogP) is 7.32. The minimum absolute atomic E-state index is 0.0588. The fraction of sp³-hybridized carbons (Fsp3) is 0.200. The zero-order chi connectivity index (χ0) is 27.2. The van der Waals surface area contributed by atoms with Crippen LogP contribution in [0.4, 0.5) is 17.6 Å². The number of alkyl halides is 3. The summed E-state index contributed by atoms with van der Waals surface area (Å²) in [4.78, 5) is 18.1. The van der Waals surface area contributed by atoms with Crippen molar-refractivity contribution in [1.29, 1.82) is 0 Å². The van der Waals surface area contributed by atoms with Crippen molar-refractivity contribution in [2.45, 2.75) is 30.0 Å². The average Bonchev–Trinajstić information content (AvgIpc) is 3.29. The SMILES string of the molecule is Cc1cc(C2=NOC(c3cc(Cl)c(F)c(Cl)c3)(C(F)(F)F)C2)ccc1C(=O)N=S(C)(=O)c1ccccc1. The van der Waals surface area contributed by atoms with Gasteiger partial charge >= 0.3 is 6.18 Å². The summed E-state index contributed by atoms with van der Waals surface area (Å²) in [7, 11) is -3.01. The summed E-state index contributed by atoms with van der Waals surface area (Å²) >= 11 is 11.5. The first-order valence-corrected chi connectivity index (χ1v) is 13.3. The molecule has 37 heavy (non-hydrogen) atoms. The molecule has 0 aliphatic carbocycles. The van der Waals surface area contributed by atoms with Gasteiger partial charge in [0.1, 0.15) is 0 Å². The summed E-state index contributed by atoms with van der Waals surface area (Å²) in [6.07, 6.45) is -4.35.